The van der Waals surface area contributed by atoms with E-state index in [9.17, 15) is 28.1 Å². The van der Waals surface area contributed by atoms with Crippen molar-refractivity contribution in [3.63, 3.8) is 0 Å². The first-order valence-corrected chi connectivity index (χ1v) is 4.55. The van der Waals surface area contributed by atoms with Gasteiger partial charge in [0.2, 0.25) is 5.82 Å². The number of aromatic nitrogens is 2. The molecule has 0 aliphatic carbocycles. The summed E-state index contributed by atoms with van der Waals surface area (Å²) in [6.07, 6.45) is -4.88. The number of nitro groups is 1. The lowest BCUT2D eigenvalue weighted by molar-refractivity contribution is -0.383. The van der Waals surface area contributed by atoms with Crippen molar-refractivity contribution in [2.24, 2.45) is 0 Å². The van der Waals surface area contributed by atoms with Crippen LogP contribution >= 0.6 is 0 Å². The van der Waals surface area contributed by atoms with Crippen molar-refractivity contribution >= 4 is 16.6 Å². The van der Waals surface area contributed by atoms with Crippen molar-refractivity contribution in [1.29, 1.82) is 0 Å². The lowest BCUT2D eigenvalue weighted by atomic mass is 10.2. The maximum atomic E-state index is 12.4. The summed E-state index contributed by atoms with van der Waals surface area (Å²) in [6.45, 7) is 0. The maximum Gasteiger partial charge on any atom is 0.449 e. The normalized spacial score (nSPS) is 11.7. The Labute approximate surface area is 96.2 Å². The standard InChI is InChI=1S/C9H4F3N3O3/c10-9(11,12)8-13-6-4(7(16)14-8)2-1-3-5(6)15(17)18/h1-3H,(H,13,14,16). The highest BCUT2D eigenvalue weighted by Crippen LogP contribution is 2.28. The largest absolute Gasteiger partial charge is 0.449 e. The zero-order chi connectivity index (χ0) is 13.5. The fourth-order valence-electron chi connectivity index (χ4n) is 1.43. The molecular weight excluding hydrogens is 255 g/mol. The van der Waals surface area contributed by atoms with Gasteiger partial charge in [0.1, 0.15) is 0 Å². The molecule has 1 aromatic carbocycles. The Morgan fingerprint density at radius 2 is 2.00 bits per heavy atom. The van der Waals surface area contributed by atoms with Gasteiger partial charge in [-0.1, -0.05) is 6.07 Å². The van der Waals surface area contributed by atoms with Crippen LogP contribution in [0.1, 0.15) is 5.82 Å². The zero-order valence-corrected chi connectivity index (χ0v) is 8.49. The summed E-state index contributed by atoms with van der Waals surface area (Å²) in [7, 11) is 0. The van der Waals surface area contributed by atoms with E-state index < -0.39 is 33.7 Å². The minimum absolute atomic E-state index is 0.266. The first kappa shape index (κ1) is 12.0. The number of nitro benzene ring substituents is 1. The van der Waals surface area contributed by atoms with E-state index in [4.69, 9.17) is 0 Å². The van der Waals surface area contributed by atoms with E-state index >= 15 is 0 Å². The number of aromatic amines is 1. The SMILES string of the molecule is O=c1[nH]c(C(F)(F)F)nc2c([N+](=O)[O-])cccc12. The molecule has 18 heavy (non-hydrogen) atoms. The van der Waals surface area contributed by atoms with Gasteiger partial charge in [0, 0.05) is 6.07 Å². The molecule has 94 valence electrons. The number of para-hydroxylation sites is 1. The van der Waals surface area contributed by atoms with Crippen LogP contribution in [0.5, 0.6) is 0 Å². The fourth-order valence-corrected chi connectivity index (χ4v) is 1.43. The van der Waals surface area contributed by atoms with E-state index in [2.05, 4.69) is 4.98 Å². The summed E-state index contributed by atoms with van der Waals surface area (Å²) in [4.78, 5) is 25.8. The molecule has 1 N–H and O–H groups in total. The third-order valence-corrected chi connectivity index (χ3v) is 2.18. The molecule has 0 saturated carbocycles. The van der Waals surface area contributed by atoms with Gasteiger partial charge in [-0.2, -0.15) is 13.2 Å². The highest BCUT2D eigenvalue weighted by atomic mass is 19.4. The quantitative estimate of drug-likeness (QED) is 0.625. The number of nitrogens with zero attached hydrogens (tertiary/aromatic N) is 2. The highest BCUT2D eigenvalue weighted by Gasteiger charge is 2.35. The smallest absolute Gasteiger partial charge is 0.302 e. The summed E-state index contributed by atoms with van der Waals surface area (Å²) >= 11 is 0. The summed E-state index contributed by atoms with van der Waals surface area (Å²) in [5.41, 5.74) is -2.31. The Balaban J connectivity index is 2.89. The molecule has 0 aliphatic heterocycles. The van der Waals surface area contributed by atoms with Crippen LogP contribution in [0.3, 0.4) is 0 Å². The number of benzene rings is 1. The van der Waals surface area contributed by atoms with E-state index in [1.54, 1.807) is 4.98 Å². The number of non-ortho nitro benzene ring substituents is 1. The van der Waals surface area contributed by atoms with Crippen molar-refractivity contribution in [1.82, 2.24) is 9.97 Å². The summed E-state index contributed by atoms with van der Waals surface area (Å²) in [6, 6.07) is 3.34. The van der Waals surface area contributed by atoms with Gasteiger partial charge in [-0.3, -0.25) is 14.9 Å². The van der Waals surface area contributed by atoms with Gasteiger partial charge in [-0.25, -0.2) is 4.98 Å². The first-order chi connectivity index (χ1) is 8.30. The summed E-state index contributed by atoms with van der Waals surface area (Å²) in [5, 5.41) is 10.4. The minimum atomic E-state index is -4.88. The average Bonchev–Trinajstić information content (AvgIpc) is 2.26. The second kappa shape index (κ2) is 3.79. The number of rotatable bonds is 1. The third-order valence-electron chi connectivity index (χ3n) is 2.18. The van der Waals surface area contributed by atoms with E-state index in [0.717, 1.165) is 12.1 Å². The Hall–Kier alpha value is -2.45. The second-order valence-corrected chi connectivity index (χ2v) is 3.34. The van der Waals surface area contributed by atoms with Crippen molar-refractivity contribution in [3.05, 3.63) is 44.5 Å². The van der Waals surface area contributed by atoms with Crippen LogP contribution in [-0.4, -0.2) is 14.9 Å². The third kappa shape index (κ3) is 1.90. The van der Waals surface area contributed by atoms with Gasteiger partial charge in [0.15, 0.2) is 5.52 Å². The predicted molar refractivity (Wildman–Crippen MR) is 54.0 cm³/mol. The molecule has 2 aromatic rings. The Morgan fingerprint density at radius 3 is 2.56 bits per heavy atom. The van der Waals surface area contributed by atoms with Gasteiger partial charge in [-0.15, -0.1) is 0 Å². The Morgan fingerprint density at radius 1 is 1.33 bits per heavy atom. The average molecular weight is 259 g/mol. The molecule has 0 saturated heterocycles. The Kier molecular flexibility index (Phi) is 2.53. The van der Waals surface area contributed by atoms with Gasteiger partial charge < -0.3 is 4.98 Å². The van der Waals surface area contributed by atoms with Crippen LogP contribution in [0.25, 0.3) is 10.9 Å². The molecule has 0 spiro atoms. The van der Waals surface area contributed by atoms with Gasteiger partial charge in [0.25, 0.3) is 11.2 Å². The molecule has 0 bridgehead atoms. The topological polar surface area (TPSA) is 88.9 Å². The van der Waals surface area contributed by atoms with Crippen LogP contribution in [0.15, 0.2) is 23.0 Å². The Bertz CT molecular complexity index is 693. The van der Waals surface area contributed by atoms with Crippen LogP contribution in [-0.2, 0) is 6.18 Å². The zero-order valence-electron chi connectivity index (χ0n) is 8.49. The molecule has 0 fully saturated rings. The fraction of sp³-hybridized carbons (Fsp3) is 0.111. The number of H-pyrrole nitrogens is 1. The lowest BCUT2D eigenvalue weighted by Gasteiger charge is -2.06. The van der Waals surface area contributed by atoms with E-state index in [-0.39, 0.29) is 5.39 Å². The number of nitrogens with one attached hydrogen (secondary N) is 1. The van der Waals surface area contributed by atoms with Crippen molar-refractivity contribution in [2.45, 2.75) is 6.18 Å². The molecule has 0 aliphatic rings. The molecule has 6 nitrogen and oxygen atoms in total. The van der Waals surface area contributed by atoms with Crippen LogP contribution in [0.2, 0.25) is 0 Å². The molecule has 0 radical (unpaired) electrons. The van der Waals surface area contributed by atoms with Gasteiger partial charge >= 0.3 is 6.18 Å². The van der Waals surface area contributed by atoms with Crippen molar-refractivity contribution in [2.75, 3.05) is 0 Å². The maximum absolute atomic E-state index is 12.4. The summed E-state index contributed by atoms with van der Waals surface area (Å²) in [5.74, 6) is -1.56. The molecule has 0 amide bonds. The van der Waals surface area contributed by atoms with E-state index in [0.29, 0.717) is 0 Å². The number of hydrogen-bond acceptors (Lipinski definition) is 4. The lowest BCUT2D eigenvalue weighted by Crippen LogP contribution is -2.19. The molecular formula is C9H4F3N3O3. The molecule has 0 atom stereocenters. The van der Waals surface area contributed by atoms with E-state index in [1.165, 1.54) is 6.07 Å². The predicted octanol–water partition coefficient (Wildman–Crippen LogP) is 1.85. The van der Waals surface area contributed by atoms with Gasteiger partial charge in [0.05, 0.1) is 10.3 Å². The molecule has 0 unspecified atom stereocenters. The monoisotopic (exact) mass is 259 g/mol. The second-order valence-electron chi connectivity index (χ2n) is 3.34. The van der Waals surface area contributed by atoms with Crippen LogP contribution in [0.4, 0.5) is 18.9 Å². The molecule has 1 heterocycles. The highest BCUT2D eigenvalue weighted by molar-refractivity contribution is 5.86. The number of hydrogen-bond donors (Lipinski definition) is 1. The minimum Gasteiger partial charge on any atom is -0.302 e. The van der Waals surface area contributed by atoms with Crippen LogP contribution in [0, 0.1) is 10.1 Å². The molecule has 9 heteroatoms. The van der Waals surface area contributed by atoms with Gasteiger partial charge in [-0.05, 0) is 6.07 Å². The number of halogens is 3. The molecule has 1 aromatic heterocycles. The number of alkyl halides is 3. The van der Waals surface area contributed by atoms with E-state index in [1.807, 2.05) is 0 Å². The summed E-state index contributed by atoms with van der Waals surface area (Å²) < 4.78 is 37.3. The van der Waals surface area contributed by atoms with Crippen molar-refractivity contribution < 1.29 is 18.1 Å². The van der Waals surface area contributed by atoms with Crippen molar-refractivity contribution in [3.8, 4) is 0 Å². The number of fused-ring (bicyclic) bond motifs is 1. The van der Waals surface area contributed by atoms with Crippen LogP contribution < -0.4 is 5.56 Å². The molecule has 2 rings (SSSR count). The first-order valence-electron chi connectivity index (χ1n) is 4.55.